The predicted octanol–water partition coefficient (Wildman–Crippen LogP) is -0.973. The Kier molecular flexibility index (Phi) is 6.42. The number of hydrogen-bond donors (Lipinski definition) is 4. The SMILES string of the molecule is CC(=O)N(CC#Cc1cccc(C(N)=O)c1)C[C@H]1O[C@@H](n2cnc3c(N)ncnc32)[C@H](O)[C@@H]1O. The van der Waals surface area contributed by atoms with Gasteiger partial charge in [0.05, 0.1) is 19.4 Å². The Morgan fingerprint density at radius 3 is 2.76 bits per heavy atom. The molecule has 1 saturated heterocycles. The summed E-state index contributed by atoms with van der Waals surface area (Å²) >= 11 is 0. The van der Waals surface area contributed by atoms with Crippen LogP contribution in [0.4, 0.5) is 5.82 Å². The number of aliphatic hydroxyl groups is 2. The zero-order valence-corrected chi connectivity index (χ0v) is 18.2. The molecule has 0 unspecified atom stereocenters. The van der Waals surface area contributed by atoms with Crippen molar-refractivity contribution < 1.29 is 24.5 Å². The molecule has 12 heteroatoms. The van der Waals surface area contributed by atoms with Gasteiger partial charge in [0.25, 0.3) is 0 Å². The van der Waals surface area contributed by atoms with Gasteiger partial charge in [0, 0.05) is 18.1 Å². The molecular weight excluding hydrogens is 442 g/mol. The third-order valence-corrected chi connectivity index (χ3v) is 5.49. The summed E-state index contributed by atoms with van der Waals surface area (Å²) in [6.07, 6.45) is -1.79. The van der Waals surface area contributed by atoms with E-state index in [1.807, 2.05) is 0 Å². The van der Waals surface area contributed by atoms with Crippen molar-refractivity contribution in [3.8, 4) is 11.8 Å². The van der Waals surface area contributed by atoms with E-state index < -0.39 is 30.4 Å². The Morgan fingerprint density at radius 2 is 2.03 bits per heavy atom. The summed E-state index contributed by atoms with van der Waals surface area (Å²) in [6.45, 7) is 1.40. The number of hydrogen-bond acceptors (Lipinski definition) is 9. The van der Waals surface area contributed by atoms with Crippen LogP contribution in [-0.2, 0) is 9.53 Å². The molecule has 0 radical (unpaired) electrons. The lowest BCUT2D eigenvalue weighted by atomic mass is 10.1. The number of nitrogens with zero attached hydrogens (tertiary/aromatic N) is 5. The molecule has 6 N–H and O–H groups in total. The first-order chi connectivity index (χ1) is 16.3. The average molecular weight is 465 g/mol. The highest BCUT2D eigenvalue weighted by Crippen LogP contribution is 2.32. The fourth-order valence-electron chi connectivity index (χ4n) is 3.67. The van der Waals surface area contributed by atoms with Gasteiger partial charge in [0.15, 0.2) is 17.7 Å². The minimum atomic E-state index is -1.30. The molecule has 1 aliphatic rings. The van der Waals surface area contributed by atoms with E-state index in [-0.39, 0.29) is 24.8 Å². The summed E-state index contributed by atoms with van der Waals surface area (Å²) in [7, 11) is 0. The van der Waals surface area contributed by atoms with E-state index in [1.54, 1.807) is 24.3 Å². The van der Waals surface area contributed by atoms with E-state index in [9.17, 15) is 19.8 Å². The number of fused-ring (bicyclic) bond motifs is 1. The van der Waals surface area contributed by atoms with E-state index in [4.69, 9.17) is 16.2 Å². The molecule has 1 aromatic carbocycles. The summed E-state index contributed by atoms with van der Waals surface area (Å²) in [6, 6.07) is 6.52. The van der Waals surface area contributed by atoms with Gasteiger partial charge in [-0.3, -0.25) is 14.2 Å². The molecular formula is C22H23N7O5. The van der Waals surface area contributed by atoms with Crippen molar-refractivity contribution in [2.75, 3.05) is 18.8 Å². The lowest BCUT2D eigenvalue weighted by molar-refractivity contribution is -0.131. The lowest BCUT2D eigenvalue weighted by Gasteiger charge is -2.24. The fourth-order valence-corrected chi connectivity index (χ4v) is 3.67. The van der Waals surface area contributed by atoms with Crippen molar-refractivity contribution in [3.05, 3.63) is 48.0 Å². The molecule has 0 saturated carbocycles. The van der Waals surface area contributed by atoms with Crippen LogP contribution in [0.3, 0.4) is 0 Å². The van der Waals surface area contributed by atoms with Crippen molar-refractivity contribution in [2.45, 2.75) is 31.5 Å². The molecule has 0 bridgehead atoms. The van der Waals surface area contributed by atoms with Gasteiger partial charge in [0.2, 0.25) is 11.8 Å². The minimum Gasteiger partial charge on any atom is -0.387 e. The summed E-state index contributed by atoms with van der Waals surface area (Å²) in [5.74, 6) is 5.09. The Bertz CT molecular complexity index is 1300. The first-order valence-electron chi connectivity index (χ1n) is 10.3. The number of primary amides is 1. The summed E-state index contributed by atoms with van der Waals surface area (Å²) in [5, 5.41) is 21.2. The topological polar surface area (TPSA) is 183 Å². The normalized spacial score (nSPS) is 21.7. The lowest BCUT2D eigenvalue weighted by Crippen LogP contribution is -2.42. The van der Waals surface area contributed by atoms with Crippen molar-refractivity contribution in [3.63, 3.8) is 0 Å². The number of nitrogens with two attached hydrogens (primary N) is 2. The van der Waals surface area contributed by atoms with Crippen molar-refractivity contribution in [2.24, 2.45) is 5.73 Å². The Morgan fingerprint density at radius 1 is 1.24 bits per heavy atom. The van der Waals surface area contributed by atoms with Crippen molar-refractivity contribution >= 4 is 28.8 Å². The van der Waals surface area contributed by atoms with Crippen molar-refractivity contribution in [1.29, 1.82) is 0 Å². The molecule has 4 rings (SSSR count). The molecule has 1 fully saturated rings. The summed E-state index contributed by atoms with van der Waals surface area (Å²) in [4.78, 5) is 37.0. The number of imidazole rings is 1. The van der Waals surface area contributed by atoms with E-state index >= 15 is 0 Å². The van der Waals surface area contributed by atoms with E-state index in [1.165, 1.54) is 29.0 Å². The second-order valence-corrected chi connectivity index (χ2v) is 7.78. The third kappa shape index (κ3) is 4.53. The monoisotopic (exact) mass is 465 g/mol. The van der Waals surface area contributed by atoms with Crippen LogP contribution >= 0.6 is 0 Å². The average Bonchev–Trinajstić information content (AvgIpc) is 3.35. The number of aliphatic hydroxyl groups excluding tert-OH is 2. The van der Waals surface area contributed by atoms with Crippen molar-refractivity contribution in [1.82, 2.24) is 24.4 Å². The van der Waals surface area contributed by atoms with Crippen LogP contribution in [0.1, 0.15) is 29.1 Å². The maximum atomic E-state index is 12.2. The number of ether oxygens (including phenoxy) is 1. The molecule has 12 nitrogen and oxygen atoms in total. The van der Waals surface area contributed by atoms with Gasteiger partial charge in [-0.1, -0.05) is 17.9 Å². The number of amides is 2. The van der Waals surface area contributed by atoms with E-state index in [0.29, 0.717) is 22.3 Å². The van der Waals surface area contributed by atoms with Gasteiger partial charge >= 0.3 is 0 Å². The van der Waals surface area contributed by atoms with Crippen LogP contribution < -0.4 is 11.5 Å². The maximum Gasteiger partial charge on any atom is 0.248 e. The molecule has 3 heterocycles. The molecule has 4 atom stereocenters. The second kappa shape index (κ2) is 9.44. The van der Waals surface area contributed by atoms with Gasteiger partial charge in [-0.05, 0) is 18.2 Å². The zero-order chi connectivity index (χ0) is 24.4. The first kappa shape index (κ1) is 23.1. The van der Waals surface area contributed by atoms with Gasteiger partial charge in [-0.15, -0.1) is 0 Å². The Labute approximate surface area is 194 Å². The van der Waals surface area contributed by atoms with Gasteiger partial charge in [0.1, 0.15) is 30.2 Å². The van der Waals surface area contributed by atoms with E-state index in [0.717, 1.165) is 0 Å². The summed E-state index contributed by atoms with van der Waals surface area (Å²) < 4.78 is 7.36. The molecule has 2 amide bonds. The number of nitrogen functional groups attached to an aromatic ring is 1. The minimum absolute atomic E-state index is 0.0101. The van der Waals surface area contributed by atoms with Crippen LogP contribution in [0, 0.1) is 11.8 Å². The number of carbonyl (C=O) groups is 2. The second-order valence-electron chi connectivity index (χ2n) is 7.78. The van der Waals surface area contributed by atoms with Gasteiger partial charge in [-0.2, -0.15) is 0 Å². The van der Waals surface area contributed by atoms with Crippen LogP contribution in [-0.4, -0.2) is 77.8 Å². The highest BCUT2D eigenvalue weighted by Gasteiger charge is 2.45. The van der Waals surface area contributed by atoms with E-state index in [2.05, 4.69) is 26.8 Å². The molecule has 1 aliphatic heterocycles. The summed E-state index contributed by atoms with van der Waals surface area (Å²) in [5.41, 5.74) is 12.7. The Hall–Kier alpha value is -4.05. The van der Waals surface area contributed by atoms with Crippen LogP contribution in [0.15, 0.2) is 36.9 Å². The first-order valence-corrected chi connectivity index (χ1v) is 10.3. The maximum absolute atomic E-state index is 12.2. The Balaban J connectivity index is 1.48. The molecule has 3 aromatic rings. The molecule has 0 aliphatic carbocycles. The highest BCUT2D eigenvalue weighted by molar-refractivity contribution is 5.93. The molecule has 2 aromatic heterocycles. The molecule has 176 valence electrons. The number of benzene rings is 1. The zero-order valence-electron chi connectivity index (χ0n) is 18.2. The smallest absolute Gasteiger partial charge is 0.248 e. The number of aromatic nitrogens is 4. The number of anilines is 1. The van der Waals surface area contributed by atoms with Crippen LogP contribution in [0.25, 0.3) is 11.2 Å². The van der Waals surface area contributed by atoms with Gasteiger partial charge < -0.3 is 31.3 Å². The largest absolute Gasteiger partial charge is 0.387 e. The standard InChI is InChI=1S/C22H23N7O5/c1-12(30)28(7-3-5-13-4-2-6-14(8-13)20(24)33)9-15-17(31)18(32)22(34-15)29-11-27-16-19(23)25-10-26-21(16)29/h2,4,6,8,10-11,15,17-18,22,31-32H,7,9H2,1H3,(H2,24,33)(H2,23,25,26)/t15-,17-,18-,22-/m1/s1. The molecule has 34 heavy (non-hydrogen) atoms. The molecule has 0 spiro atoms. The predicted molar refractivity (Wildman–Crippen MR) is 120 cm³/mol. The third-order valence-electron chi connectivity index (χ3n) is 5.49. The van der Waals surface area contributed by atoms with Crippen LogP contribution in [0.5, 0.6) is 0 Å². The number of rotatable bonds is 5. The van der Waals surface area contributed by atoms with Crippen LogP contribution in [0.2, 0.25) is 0 Å². The fraction of sp³-hybridized carbons (Fsp3) is 0.318. The number of carbonyl (C=O) groups excluding carboxylic acids is 2. The van der Waals surface area contributed by atoms with Gasteiger partial charge in [-0.25, -0.2) is 15.0 Å². The quantitative estimate of drug-likeness (QED) is 0.344. The highest BCUT2D eigenvalue weighted by atomic mass is 16.6.